The lowest BCUT2D eigenvalue weighted by Gasteiger charge is -2.06. The predicted octanol–water partition coefficient (Wildman–Crippen LogP) is 1.49. The highest BCUT2D eigenvalue weighted by Crippen LogP contribution is 2.08. The fourth-order valence-corrected chi connectivity index (χ4v) is 1.45. The Balaban J connectivity index is 1.85. The Morgan fingerprint density at radius 1 is 1.25 bits per heavy atom. The molecule has 0 bridgehead atoms. The van der Waals surface area contributed by atoms with Crippen LogP contribution in [0.4, 0.5) is 0 Å². The van der Waals surface area contributed by atoms with Crippen molar-refractivity contribution in [3.8, 4) is 5.75 Å². The maximum atomic E-state index is 5.67. The summed E-state index contributed by atoms with van der Waals surface area (Å²) in [6.07, 6.45) is 0. The molecule has 2 aromatic rings. The number of benzene rings is 1. The number of alkyl halides is 1. The van der Waals surface area contributed by atoms with Crippen molar-refractivity contribution in [1.82, 2.24) is 20.2 Å². The zero-order valence-corrected chi connectivity index (χ0v) is 9.34. The van der Waals surface area contributed by atoms with Crippen molar-refractivity contribution in [1.29, 1.82) is 0 Å². The van der Waals surface area contributed by atoms with Crippen LogP contribution in [-0.2, 0) is 12.4 Å². The Kier molecular flexibility index (Phi) is 3.71. The molecule has 2 rings (SSSR count). The van der Waals surface area contributed by atoms with E-state index >= 15 is 0 Å². The minimum Gasteiger partial charge on any atom is -0.492 e. The molecule has 1 aromatic carbocycles. The summed E-state index contributed by atoms with van der Waals surface area (Å²) in [6.45, 7) is 1.10. The number of nitrogens with zero attached hydrogens (tertiary/aromatic N) is 4. The summed E-state index contributed by atoms with van der Waals surface area (Å²) < 4.78 is 7.15. The smallest absolute Gasteiger partial charge is 0.166 e. The van der Waals surface area contributed by atoms with Crippen LogP contribution in [0.5, 0.6) is 5.75 Å². The molecule has 1 aromatic heterocycles. The van der Waals surface area contributed by atoms with Gasteiger partial charge in [0, 0.05) is 0 Å². The Morgan fingerprint density at radius 2 is 2.06 bits per heavy atom. The number of rotatable bonds is 5. The van der Waals surface area contributed by atoms with Crippen LogP contribution in [0.1, 0.15) is 5.82 Å². The van der Waals surface area contributed by atoms with E-state index in [0.29, 0.717) is 24.9 Å². The second-order valence-electron chi connectivity index (χ2n) is 3.11. The molecule has 0 saturated heterocycles. The van der Waals surface area contributed by atoms with E-state index in [-0.39, 0.29) is 0 Å². The molecule has 0 radical (unpaired) electrons. The first-order valence-electron chi connectivity index (χ1n) is 4.89. The van der Waals surface area contributed by atoms with Gasteiger partial charge in [-0.15, -0.1) is 16.7 Å². The zero-order chi connectivity index (χ0) is 11.2. The normalized spacial score (nSPS) is 10.3. The number of ether oxygens (including phenoxy) is 1. The van der Waals surface area contributed by atoms with Gasteiger partial charge in [0.25, 0.3) is 0 Å². The van der Waals surface area contributed by atoms with Crippen LogP contribution in [-0.4, -0.2) is 26.8 Å². The first kappa shape index (κ1) is 10.9. The number of tetrazole rings is 1. The van der Waals surface area contributed by atoms with Crippen molar-refractivity contribution in [3.05, 3.63) is 36.2 Å². The Morgan fingerprint density at radius 3 is 2.81 bits per heavy atom. The summed E-state index contributed by atoms with van der Waals surface area (Å²) in [7, 11) is 0. The Hall–Kier alpha value is -1.62. The quantitative estimate of drug-likeness (QED) is 0.741. The van der Waals surface area contributed by atoms with Crippen LogP contribution >= 0.6 is 11.6 Å². The molecular weight excluding hydrogens is 228 g/mol. The first-order chi connectivity index (χ1) is 7.90. The summed E-state index contributed by atoms with van der Waals surface area (Å²) >= 11 is 5.67. The van der Waals surface area contributed by atoms with E-state index < -0.39 is 0 Å². The molecule has 6 heteroatoms. The van der Waals surface area contributed by atoms with Gasteiger partial charge in [-0.1, -0.05) is 18.2 Å². The first-order valence-corrected chi connectivity index (χ1v) is 5.42. The monoisotopic (exact) mass is 238 g/mol. The van der Waals surface area contributed by atoms with Crippen LogP contribution in [0.15, 0.2) is 30.3 Å². The van der Waals surface area contributed by atoms with Crippen molar-refractivity contribution in [3.63, 3.8) is 0 Å². The van der Waals surface area contributed by atoms with Crippen molar-refractivity contribution in [2.45, 2.75) is 12.4 Å². The second kappa shape index (κ2) is 5.46. The fraction of sp³-hybridized carbons (Fsp3) is 0.300. The zero-order valence-electron chi connectivity index (χ0n) is 8.58. The van der Waals surface area contributed by atoms with E-state index in [4.69, 9.17) is 16.3 Å². The maximum absolute atomic E-state index is 5.67. The van der Waals surface area contributed by atoms with E-state index in [0.717, 1.165) is 5.75 Å². The van der Waals surface area contributed by atoms with Crippen molar-refractivity contribution in [2.75, 3.05) is 6.61 Å². The van der Waals surface area contributed by atoms with Gasteiger partial charge in [-0.25, -0.2) is 4.68 Å². The molecule has 0 fully saturated rings. The molecule has 0 amide bonds. The second-order valence-corrected chi connectivity index (χ2v) is 3.38. The molecule has 0 N–H and O–H groups in total. The van der Waals surface area contributed by atoms with E-state index in [1.807, 2.05) is 30.3 Å². The maximum Gasteiger partial charge on any atom is 0.166 e. The molecule has 0 aliphatic heterocycles. The minimum absolute atomic E-state index is 0.304. The third-order valence-electron chi connectivity index (χ3n) is 2.04. The van der Waals surface area contributed by atoms with E-state index in [1.165, 1.54) is 0 Å². The van der Waals surface area contributed by atoms with Gasteiger partial charge in [-0.2, -0.15) is 0 Å². The van der Waals surface area contributed by atoms with Crippen LogP contribution < -0.4 is 4.74 Å². The summed E-state index contributed by atoms with van der Waals surface area (Å²) in [4.78, 5) is 0. The summed E-state index contributed by atoms with van der Waals surface area (Å²) in [5.74, 6) is 1.79. The van der Waals surface area contributed by atoms with Crippen LogP contribution in [0.25, 0.3) is 0 Å². The van der Waals surface area contributed by atoms with Gasteiger partial charge in [0.05, 0.1) is 12.4 Å². The molecule has 0 spiro atoms. The third kappa shape index (κ3) is 2.70. The molecule has 0 saturated carbocycles. The third-order valence-corrected chi connectivity index (χ3v) is 2.28. The Bertz CT molecular complexity index is 431. The molecule has 5 nitrogen and oxygen atoms in total. The highest BCUT2D eigenvalue weighted by atomic mass is 35.5. The van der Waals surface area contributed by atoms with Gasteiger partial charge in [-0.05, 0) is 22.6 Å². The lowest BCUT2D eigenvalue weighted by atomic mass is 10.3. The van der Waals surface area contributed by atoms with Crippen molar-refractivity contribution in [2.24, 2.45) is 0 Å². The van der Waals surface area contributed by atoms with Gasteiger partial charge >= 0.3 is 0 Å². The molecule has 1 heterocycles. The van der Waals surface area contributed by atoms with E-state index in [9.17, 15) is 0 Å². The average Bonchev–Trinajstić information content (AvgIpc) is 2.78. The average molecular weight is 239 g/mol. The molecule has 16 heavy (non-hydrogen) atoms. The van der Waals surface area contributed by atoms with Crippen LogP contribution in [0.3, 0.4) is 0 Å². The molecule has 0 atom stereocenters. The fourth-order valence-electron chi connectivity index (χ4n) is 1.26. The van der Waals surface area contributed by atoms with Crippen LogP contribution in [0.2, 0.25) is 0 Å². The number of halogens is 1. The summed E-state index contributed by atoms with van der Waals surface area (Å²) in [6, 6.07) is 9.61. The Labute approximate surface area is 98.0 Å². The highest BCUT2D eigenvalue weighted by Gasteiger charge is 2.03. The largest absolute Gasteiger partial charge is 0.492 e. The number of aromatic nitrogens is 4. The predicted molar refractivity (Wildman–Crippen MR) is 59.3 cm³/mol. The standard InChI is InChI=1S/C10H11ClN4O/c11-8-10-12-13-14-15(10)6-7-16-9-4-2-1-3-5-9/h1-5H,6-8H2. The number of hydrogen-bond donors (Lipinski definition) is 0. The van der Waals surface area contributed by atoms with Crippen molar-refractivity contribution < 1.29 is 4.74 Å². The van der Waals surface area contributed by atoms with E-state index in [1.54, 1.807) is 4.68 Å². The van der Waals surface area contributed by atoms with E-state index in [2.05, 4.69) is 15.5 Å². The van der Waals surface area contributed by atoms with Gasteiger partial charge < -0.3 is 4.74 Å². The van der Waals surface area contributed by atoms with Crippen molar-refractivity contribution >= 4 is 11.6 Å². The number of hydrogen-bond acceptors (Lipinski definition) is 4. The SMILES string of the molecule is ClCc1nnnn1CCOc1ccccc1. The van der Waals surface area contributed by atoms with Gasteiger partial charge in [0.1, 0.15) is 12.4 Å². The topological polar surface area (TPSA) is 52.8 Å². The van der Waals surface area contributed by atoms with Gasteiger partial charge in [0.15, 0.2) is 5.82 Å². The molecule has 84 valence electrons. The lowest BCUT2D eigenvalue weighted by Crippen LogP contribution is -2.12. The minimum atomic E-state index is 0.304. The summed E-state index contributed by atoms with van der Waals surface area (Å²) in [5, 5.41) is 11.1. The molecular formula is C10H11ClN4O. The van der Waals surface area contributed by atoms with Gasteiger partial charge in [0.2, 0.25) is 0 Å². The van der Waals surface area contributed by atoms with Gasteiger partial charge in [-0.3, -0.25) is 0 Å². The lowest BCUT2D eigenvalue weighted by molar-refractivity contribution is 0.288. The van der Waals surface area contributed by atoms with Crippen LogP contribution in [0, 0.1) is 0 Å². The molecule has 0 unspecified atom stereocenters. The molecule has 0 aliphatic rings. The summed E-state index contributed by atoms with van der Waals surface area (Å²) in [5.41, 5.74) is 0. The number of para-hydroxylation sites is 1. The molecule has 0 aliphatic carbocycles. The highest BCUT2D eigenvalue weighted by molar-refractivity contribution is 6.16.